The third-order valence-electron chi connectivity index (χ3n) is 2.63. The molecule has 0 aliphatic heterocycles. The summed E-state index contributed by atoms with van der Waals surface area (Å²) in [5.41, 5.74) is 0.0456. The molecule has 0 radical (unpaired) electrons. The van der Waals surface area contributed by atoms with E-state index in [-0.39, 0.29) is 42.6 Å². The molecule has 1 N–H and O–H groups in total. The Kier molecular flexibility index (Phi) is 5.67. The largest absolute Gasteiger partial charge is 0.490 e. The molecule has 0 spiro atoms. The lowest BCUT2D eigenvalue weighted by molar-refractivity contribution is -0.385. The predicted octanol–water partition coefficient (Wildman–Crippen LogP) is 1.22. The lowest BCUT2D eigenvalue weighted by atomic mass is 10.1. The Labute approximate surface area is 116 Å². The third-order valence-corrected chi connectivity index (χ3v) is 2.63. The van der Waals surface area contributed by atoms with Gasteiger partial charge in [0, 0.05) is 30.8 Å². The van der Waals surface area contributed by atoms with Crippen molar-refractivity contribution in [2.45, 2.75) is 0 Å². The van der Waals surface area contributed by atoms with Gasteiger partial charge >= 0.3 is 5.69 Å². The van der Waals surface area contributed by atoms with Crippen molar-refractivity contribution in [2.24, 2.45) is 0 Å². The van der Waals surface area contributed by atoms with Crippen LogP contribution in [-0.4, -0.2) is 47.6 Å². The van der Waals surface area contributed by atoms with Gasteiger partial charge in [-0.05, 0) is 6.07 Å². The van der Waals surface area contributed by atoms with Crippen LogP contribution in [0.3, 0.4) is 0 Å². The fraction of sp³-hybridized carbons (Fsp3) is 0.308. The molecule has 0 aliphatic rings. The van der Waals surface area contributed by atoms with Crippen LogP contribution in [-0.2, 0) is 0 Å². The van der Waals surface area contributed by atoms with Crippen molar-refractivity contribution < 1.29 is 19.6 Å². The number of hydrogen-bond acceptors (Lipinski definition) is 5. The first-order valence-corrected chi connectivity index (χ1v) is 5.88. The average Bonchev–Trinajstić information content (AvgIpc) is 2.45. The molecule has 0 aliphatic carbocycles. The summed E-state index contributed by atoms with van der Waals surface area (Å²) in [4.78, 5) is 23.8. The van der Waals surface area contributed by atoms with Crippen LogP contribution in [0.25, 0.3) is 0 Å². The number of benzene rings is 1. The Bertz CT molecular complexity index is 515. The molecule has 0 saturated carbocycles. The topological polar surface area (TPSA) is 92.9 Å². The molecule has 1 rings (SSSR count). The summed E-state index contributed by atoms with van der Waals surface area (Å²) in [6.45, 7) is 3.80. The van der Waals surface area contributed by atoms with Crippen molar-refractivity contribution in [3.05, 3.63) is 46.5 Å². The molecule has 7 nitrogen and oxygen atoms in total. The van der Waals surface area contributed by atoms with E-state index in [1.54, 1.807) is 0 Å². The molecular formula is C13H16N2O5. The summed E-state index contributed by atoms with van der Waals surface area (Å²) >= 11 is 0. The van der Waals surface area contributed by atoms with E-state index in [0.29, 0.717) is 0 Å². The molecule has 0 bridgehead atoms. The molecule has 1 aromatic carbocycles. The number of aliphatic hydroxyl groups excluding tert-OH is 1. The van der Waals surface area contributed by atoms with Gasteiger partial charge in [0.1, 0.15) is 0 Å². The van der Waals surface area contributed by atoms with E-state index in [2.05, 4.69) is 6.58 Å². The minimum absolute atomic E-state index is 0.0170. The van der Waals surface area contributed by atoms with E-state index in [0.717, 1.165) is 0 Å². The normalized spacial score (nSPS) is 9.90. The minimum atomic E-state index is -0.581. The highest BCUT2D eigenvalue weighted by molar-refractivity contribution is 5.95. The number of hydrogen-bond donors (Lipinski definition) is 1. The highest BCUT2D eigenvalue weighted by Crippen LogP contribution is 2.27. The Balaban J connectivity index is 3.09. The number of methoxy groups -OCH3 is 1. The summed E-state index contributed by atoms with van der Waals surface area (Å²) < 4.78 is 4.92. The number of ether oxygens (including phenoxy) is 1. The van der Waals surface area contributed by atoms with Gasteiger partial charge in [0.25, 0.3) is 5.91 Å². The Morgan fingerprint density at radius 1 is 1.60 bits per heavy atom. The molecule has 1 aromatic rings. The summed E-state index contributed by atoms with van der Waals surface area (Å²) in [7, 11) is 1.30. The number of rotatable bonds is 7. The maximum atomic E-state index is 12.2. The highest BCUT2D eigenvalue weighted by Gasteiger charge is 2.20. The van der Waals surface area contributed by atoms with E-state index in [1.165, 1.54) is 36.3 Å². The first-order chi connectivity index (χ1) is 9.54. The van der Waals surface area contributed by atoms with Gasteiger partial charge in [-0.3, -0.25) is 14.9 Å². The zero-order valence-corrected chi connectivity index (χ0v) is 11.1. The second-order valence-electron chi connectivity index (χ2n) is 3.91. The first kappa shape index (κ1) is 15.6. The number of carbonyl (C=O) groups excluding carboxylic acids is 1. The van der Waals surface area contributed by atoms with Crippen molar-refractivity contribution in [2.75, 3.05) is 26.8 Å². The lowest BCUT2D eigenvalue weighted by Crippen LogP contribution is -2.33. The van der Waals surface area contributed by atoms with Crippen LogP contribution in [0.15, 0.2) is 30.9 Å². The Morgan fingerprint density at radius 2 is 2.30 bits per heavy atom. The summed E-state index contributed by atoms with van der Waals surface area (Å²) in [5.74, 6) is -0.337. The maximum Gasteiger partial charge on any atom is 0.310 e. The van der Waals surface area contributed by atoms with Gasteiger partial charge in [0.2, 0.25) is 0 Å². The van der Waals surface area contributed by atoms with Crippen LogP contribution >= 0.6 is 0 Å². The maximum absolute atomic E-state index is 12.2. The van der Waals surface area contributed by atoms with Crippen LogP contribution in [0.1, 0.15) is 10.4 Å². The first-order valence-electron chi connectivity index (χ1n) is 5.88. The number of nitro benzene ring substituents is 1. The van der Waals surface area contributed by atoms with E-state index in [1.807, 2.05) is 0 Å². The van der Waals surface area contributed by atoms with E-state index < -0.39 is 4.92 Å². The zero-order chi connectivity index (χ0) is 15.1. The van der Waals surface area contributed by atoms with Gasteiger partial charge < -0.3 is 14.7 Å². The highest BCUT2D eigenvalue weighted by atomic mass is 16.6. The van der Waals surface area contributed by atoms with Gasteiger partial charge in [-0.25, -0.2) is 0 Å². The predicted molar refractivity (Wildman–Crippen MR) is 72.8 cm³/mol. The fourth-order valence-corrected chi connectivity index (χ4v) is 1.70. The van der Waals surface area contributed by atoms with Crippen LogP contribution in [0, 0.1) is 10.1 Å². The van der Waals surface area contributed by atoms with Crippen molar-refractivity contribution >= 4 is 11.6 Å². The zero-order valence-electron chi connectivity index (χ0n) is 11.1. The lowest BCUT2D eigenvalue weighted by Gasteiger charge is -2.20. The van der Waals surface area contributed by atoms with Crippen LogP contribution < -0.4 is 4.74 Å². The summed E-state index contributed by atoms with van der Waals surface area (Å²) in [6.07, 6.45) is 1.54. The number of amides is 1. The van der Waals surface area contributed by atoms with Gasteiger partial charge in [-0.15, -0.1) is 6.58 Å². The van der Waals surface area contributed by atoms with E-state index in [4.69, 9.17) is 9.84 Å². The number of carbonyl (C=O) groups is 1. The van der Waals surface area contributed by atoms with E-state index in [9.17, 15) is 14.9 Å². The van der Waals surface area contributed by atoms with Crippen molar-refractivity contribution in [1.82, 2.24) is 4.90 Å². The van der Waals surface area contributed by atoms with Crippen LogP contribution in [0.2, 0.25) is 0 Å². The molecule has 1 amide bonds. The van der Waals surface area contributed by atoms with Gasteiger partial charge in [-0.2, -0.15) is 0 Å². The fourth-order valence-electron chi connectivity index (χ4n) is 1.70. The quantitative estimate of drug-likeness (QED) is 0.460. The van der Waals surface area contributed by atoms with Crippen molar-refractivity contribution in [3.8, 4) is 5.75 Å². The van der Waals surface area contributed by atoms with Gasteiger partial charge in [0.15, 0.2) is 5.75 Å². The van der Waals surface area contributed by atoms with Gasteiger partial charge in [0.05, 0.1) is 18.6 Å². The number of nitro groups is 1. The van der Waals surface area contributed by atoms with Crippen molar-refractivity contribution in [3.63, 3.8) is 0 Å². The number of aliphatic hydroxyl groups is 1. The smallest absolute Gasteiger partial charge is 0.310 e. The Hall–Kier alpha value is -2.41. The molecule has 0 fully saturated rings. The molecule has 0 aromatic heterocycles. The van der Waals surface area contributed by atoms with E-state index >= 15 is 0 Å². The summed E-state index contributed by atoms with van der Waals surface area (Å²) in [5, 5.41) is 19.7. The third kappa shape index (κ3) is 3.55. The second-order valence-corrected chi connectivity index (χ2v) is 3.91. The minimum Gasteiger partial charge on any atom is -0.490 e. The molecule has 0 unspecified atom stereocenters. The standard InChI is InChI=1S/C13H16N2O5/c1-3-6-14(7-8-16)13(17)10-4-5-11(15(18)19)12(9-10)20-2/h3-5,9,16H,1,6-8H2,2H3. The Morgan fingerprint density at radius 3 is 2.80 bits per heavy atom. The second kappa shape index (κ2) is 7.25. The molecule has 0 heterocycles. The van der Waals surface area contributed by atoms with Crippen LogP contribution in [0.5, 0.6) is 5.75 Å². The molecule has 20 heavy (non-hydrogen) atoms. The average molecular weight is 280 g/mol. The molecule has 0 atom stereocenters. The molecule has 108 valence electrons. The molecule has 7 heteroatoms. The monoisotopic (exact) mass is 280 g/mol. The summed E-state index contributed by atoms with van der Waals surface area (Å²) in [6, 6.07) is 3.89. The SMILES string of the molecule is C=CCN(CCO)C(=O)c1ccc([N+](=O)[O-])c(OC)c1. The van der Waals surface area contributed by atoms with Crippen molar-refractivity contribution in [1.29, 1.82) is 0 Å². The molecular weight excluding hydrogens is 264 g/mol. The van der Waals surface area contributed by atoms with Gasteiger partial charge in [-0.1, -0.05) is 6.08 Å². The molecule has 0 saturated heterocycles. The van der Waals surface area contributed by atoms with Crippen LogP contribution in [0.4, 0.5) is 5.69 Å². The number of nitrogens with zero attached hydrogens (tertiary/aromatic N) is 2.